The first-order valence-corrected chi connectivity index (χ1v) is 6.97. The number of hydrogen-bond donors (Lipinski definition) is 1. The van der Waals surface area contributed by atoms with Gasteiger partial charge in [0.25, 0.3) is 5.91 Å². The maximum atomic E-state index is 11.8. The van der Waals surface area contributed by atoms with Crippen LogP contribution in [0.2, 0.25) is 0 Å². The van der Waals surface area contributed by atoms with E-state index < -0.39 is 0 Å². The largest absolute Gasteiger partial charge is 0.482 e. The Balaban J connectivity index is 2.44. The van der Waals surface area contributed by atoms with Gasteiger partial charge in [0.2, 0.25) is 0 Å². The molecule has 0 radical (unpaired) electrons. The number of amides is 1. The Morgan fingerprint density at radius 2 is 2.05 bits per heavy atom. The molecule has 1 aromatic heterocycles. The van der Waals surface area contributed by atoms with Crippen LogP contribution in [0.25, 0.3) is 0 Å². The number of ether oxygens (including phenoxy) is 1. The van der Waals surface area contributed by atoms with Gasteiger partial charge in [-0.2, -0.15) is 0 Å². The van der Waals surface area contributed by atoms with Gasteiger partial charge >= 0.3 is 0 Å². The van der Waals surface area contributed by atoms with Gasteiger partial charge in [0, 0.05) is 25.7 Å². The van der Waals surface area contributed by atoms with E-state index in [9.17, 15) is 4.79 Å². The third-order valence-corrected chi connectivity index (χ3v) is 3.02. The monoisotopic (exact) mass is 279 g/mol. The highest BCUT2D eigenvalue weighted by Gasteiger charge is 2.12. The van der Waals surface area contributed by atoms with Crippen molar-refractivity contribution in [3.63, 3.8) is 0 Å². The zero-order valence-electron chi connectivity index (χ0n) is 13.0. The summed E-state index contributed by atoms with van der Waals surface area (Å²) < 4.78 is 5.45. The Morgan fingerprint density at radius 1 is 1.35 bits per heavy atom. The van der Waals surface area contributed by atoms with Crippen molar-refractivity contribution in [2.24, 2.45) is 0 Å². The Kier molecular flexibility index (Phi) is 6.45. The van der Waals surface area contributed by atoms with E-state index >= 15 is 0 Å². The van der Waals surface area contributed by atoms with E-state index in [2.05, 4.69) is 24.1 Å². The summed E-state index contributed by atoms with van der Waals surface area (Å²) in [6.45, 7) is 8.89. The number of carbonyl (C=O) groups excluding carboxylic acids is 1. The number of likely N-dealkylation sites (N-methyl/N-ethyl adjacent to an activating group) is 1. The minimum Gasteiger partial charge on any atom is -0.482 e. The average molecular weight is 279 g/mol. The van der Waals surface area contributed by atoms with Crippen LogP contribution in [0.3, 0.4) is 0 Å². The lowest BCUT2D eigenvalue weighted by Crippen LogP contribution is -2.36. The first-order chi connectivity index (χ1) is 9.40. The summed E-state index contributed by atoms with van der Waals surface area (Å²) >= 11 is 0. The highest BCUT2D eigenvalue weighted by Crippen LogP contribution is 2.09. The maximum Gasteiger partial charge on any atom is 0.260 e. The summed E-state index contributed by atoms with van der Waals surface area (Å²) in [6, 6.07) is 4.35. The highest BCUT2D eigenvalue weighted by atomic mass is 16.5. The summed E-state index contributed by atoms with van der Waals surface area (Å²) in [7, 11) is 1.77. The summed E-state index contributed by atoms with van der Waals surface area (Å²) in [5.74, 6) is 0.578. The third kappa shape index (κ3) is 5.57. The number of rotatable bonds is 7. The van der Waals surface area contributed by atoms with E-state index in [0.717, 1.165) is 12.2 Å². The Hall–Kier alpha value is -1.62. The van der Waals surface area contributed by atoms with Gasteiger partial charge in [-0.3, -0.25) is 9.78 Å². The van der Waals surface area contributed by atoms with E-state index in [1.165, 1.54) is 0 Å². The van der Waals surface area contributed by atoms with Gasteiger partial charge in [0.1, 0.15) is 5.75 Å². The molecule has 1 aromatic rings. The molecule has 0 aliphatic carbocycles. The fourth-order valence-corrected chi connectivity index (χ4v) is 1.44. The average Bonchev–Trinajstić information content (AvgIpc) is 2.42. The van der Waals surface area contributed by atoms with E-state index in [0.29, 0.717) is 11.8 Å². The van der Waals surface area contributed by atoms with E-state index in [-0.39, 0.29) is 18.6 Å². The Bertz CT molecular complexity index is 416. The molecule has 0 aliphatic heterocycles. The highest BCUT2D eigenvalue weighted by molar-refractivity contribution is 5.77. The van der Waals surface area contributed by atoms with Crippen LogP contribution in [0.1, 0.15) is 33.4 Å². The van der Waals surface area contributed by atoms with Crippen molar-refractivity contribution in [2.75, 3.05) is 13.7 Å². The molecular weight excluding hydrogens is 254 g/mol. The van der Waals surface area contributed by atoms with Gasteiger partial charge in [-0.05, 0) is 26.0 Å². The summed E-state index contributed by atoms with van der Waals surface area (Å²) in [5.41, 5.74) is 0.955. The number of nitrogens with one attached hydrogen (secondary N) is 1. The lowest BCUT2D eigenvalue weighted by molar-refractivity contribution is -0.133. The molecule has 0 saturated heterocycles. The van der Waals surface area contributed by atoms with Crippen LogP contribution in [0.4, 0.5) is 0 Å². The fraction of sp³-hybridized carbons (Fsp3) is 0.600. The molecule has 112 valence electrons. The van der Waals surface area contributed by atoms with Gasteiger partial charge in [0.05, 0.1) is 11.9 Å². The quantitative estimate of drug-likeness (QED) is 0.827. The van der Waals surface area contributed by atoms with Crippen molar-refractivity contribution in [3.8, 4) is 5.75 Å². The van der Waals surface area contributed by atoms with Crippen molar-refractivity contribution in [1.29, 1.82) is 0 Å². The van der Waals surface area contributed by atoms with Crippen molar-refractivity contribution in [3.05, 3.63) is 24.0 Å². The standard InChI is InChI=1S/C15H25N3O2/c1-11(2)16-8-13-6-7-14(9-17-13)20-10-15(19)18(5)12(3)4/h6-7,9,11-12,16H,8,10H2,1-5H3. The second-order valence-corrected chi connectivity index (χ2v) is 5.41. The van der Waals surface area contributed by atoms with Crippen LogP contribution in [0, 0.1) is 0 Å². The summed E-state index contributed by atoms with van der Waals surface area (Å²) in [6.07, 6.45) is 1.65. The van der Waals surface area contributed by atoms with Crippen molar-refractivity contribution in [1.82, 2.24) is 15.2 Å². The fourth-order valence-electron chi connectivity index (χ4n) is 1.44. The molecule has 0 aliphatic rings. The van der Waals surface area contributed by atoms with Crippen molar-refractivity contribution < 1.29 is 9.53 Å². The lowest BCUT2D eigenvalue weighted by Gasteiger charge is -2.21. The predicted octanol–water partition coefficient (Wildman–Crippen LogP) is 1.83. The molecule has 5 nitrogen and oxygen atoms in total. The summed E-state index contributed by atoms with van der Waals surface area (Å²) in [4.78, 5) is 17.7. The second-order valence-electron chi connectivity index (χ2n) is 5.41. The molecule has 0 unspecified atom stereocenters. The van der Waals surface area contributed by atoms with E-state index in [1.54, 1.807) is 18.1 Å². The van der Waals surface area contributed by atoms with Crippen LogP contribution < -0.4 is 10.1 Å². The minimum atomic E-state index is -0.0365. The zero-order chi connectivity index (χ0) is 15.1. The topological polar surface area (TPSA) is 54.5 Å². The molecule has 0 spiro atoms. The minimum absolute atomic E-state index is 0.0365. The molecule has 0 bridgehead atoms. The summed E-state index contributed by atoms with van der Waals surface area (Å²) in [5, 5.41) is 3.29. The van der Waals surface area contributed by atoms with E-state index in [4.69, 9.17) is 4.74 Å². The normalized spacial score (nSPS) is 10.9. The molecule has 0 aromatic carbocycles. The number of carbonyl (C=O) groups is 1. The van der Waals surface area contributed by atoms with Crippen LogP contribution >= 0.6 is 0 Å². The number of aromatic nitrogens is 1. The van der Waals surface area contributed by atoms with Gasteiger partial charge in [-0.15, -0.1) is 0 Å². The molecule has 0 fully saturated rings. The third-order valence-electron chi connectivity index (χ3n) is 3.02. The second kappa shape index (κ2) is 7.85. The van der Waals surface area contributed by atoms with Gasteiger partial charge in [-0.1, -0.05) is 13.8 Å². The lowest BCUT2D eigenvalue weighted by atomic mass is 10.3. The molecule has 5 heteroatoms. The SMILES string of the molecule is CC(C)NCc1ccc(OCC(=O)N(C)C(C)C)cn1. The first kappa shape index (κ1) is 16.4. The Labute approximate surface area is 121 Å². The smallest absolute Gasteiger partial charge is 0.260 e. The predicted molar refractivity (Wildman–Crippen MR) is 79.6 cm³/mol. The molecule has 0 saturated carbocycles. The van der Waals surface area contributed by atoms with Crippen LogP contribution in [-0.4, -0.2) is 41.5 Å². The van der Waals surface area contributed by atoms with Gasteiger partial charge in [0.15, 0.2) is 6.61 Å². The molecule has 0 atom stereocenters. The first-order valence-electron chi connectivity index (χ1n) is 6.97. The molecule has 1 heterocycles. The zero-order valence-corrected chi connectivity index (χ0v) is 13.0. The van der Waals surface area contributed by atoms with Gasteiger partial charge in [-0.25, -0.2) is 0 Å². The molecule has 1 rings (SSSR count). The van der Waals surface area contributed by atoms with E-state index in [1.807, 2.05) is 26.0 Å². The van der Waals surface area contributed by atoms with Crippen LogP contribution in [-0.2, 0) is 11.3 Å². The molecule has 1 amide bonds. The van der Waals surface area contributed by atoms with Crippen molar-refractivity contribution in [2.45, 2.75) is 46.3 Å². The number of hydrogen-bond acceptors (Lipinski definition) is 4. The molecule has 20 heavy (non-hydrogen) atoms. The maximum absolute atomic E-state index is 11.8. The number of pyridine rings is 1. The Morgan fingerprint density at radius 3 is 2.55 bits per heavy atom. The van der Waals surface area contributed by atoms with Crippen molar-refractivity contribution >= 4 is 5.91 Å². The van der Waals surface area contributed by atoms with Crippen LogP contribution in [0.15, 0.2) is 18.3 Å². The molecular formula is C15H25N3O2. The number of nitrogens with zero attached hydrogens (tertiary/aromatic N) is 2. The molecule has 1 N–H and O–H groups in total. The van der Waals surface area contributed by atoms with Crippen LogP contribution in [0.5, 0.6) is 5.75 Å². The van der Waals surface area contributed by atoms with Gasteiger partial charge < -0.3 is 15.0 Å².